The Morgan fingerprint density at radius 3 is 2.67 bits per heavy atom. The second-order valence-corrected chi connectivity index (χ2v) is 5.26. The summed E-state index contributed by atoms with van der Waals surface area (Å²) in [5.74, 6) is 0.307. The van der Waals surface area contributed by atoms with Crippen molar-refractivity contribution >= 4 is 11.9 Å². The lowest BCUT2D eigenvalue weighted by molar-refractivity contribution is -0.124. The largest absolute Gasteiger partial charge is 0.467 e. The fraction of sp³-hybridized carbons (Fsp3) is 0.571. The Balaban J connectivity index is 1.69. The summed E-state index contributed by atoms with van der Waals surface area (Å²) in [5.41, 5.74) is 0. The van der Waals surface area contributed by atoms with E-state index in [-0.39, 0.29) is 31.2 Å². The zero-order valence-electron chi connectivity index (χ0n) is 12.3. The van der Waals surface area contributed by atoms with Crippen LogP contribution in [0.2, 0.25) is 0 Å². The molecule has 0 aliphatic carbocycles. The molecule has 1 saturated heterocycles. The van der Waals surface area contributed by atoms with Crippen LogP contribution >= 0.6 is 0 Å². The number of hydrogen-bond acceptors (Lipinski definition) is 5. The van der Waals surface area contributed by atoms with Crippen molar-refractivity contribution in [3.8, 4) is 0 Å². The van der Waals surface area contributed by atoms with Crippen molar-refractivity contribution in [2.24, 2.45) is 0 Å². The van der Waals surface area contributed by atoms with E-state index in [1.54, 1.807) is 12.1 Å². The van der Waals surface area contributed by atoms with Gasteiger partial charge in [-0.25, -0.2) is 4.79 Å². The van der Waals surface area contributed by atoms with Crippen molar-refractivity contribution in [1.29, 1.82) is 0 Å². The highest BCUT2D eigenvalue weighted by Crippen LogP contribution is 2.09. The number of nitrogens with zero attached hydrogens (tertiary/aromatic N) is 1. The molecule has 2 N–H and O–H groups in total. The van der Waals surface area contributed by atoms with Crippen LogP contribution in [0.3, 0.4) is 0 Å². The zero-order chi connectivity index (χ0) is 15.2. The van der Waals surface area contributed by atoms with E-state index >= 15 is 0 Å². The lowest BCUT2D eigenvalue weighted by atomic mass is 10.2. The summed E-state index contributed by atoms with van der Waals surface area (Å²) in [4.78, 5) is 25.4. The van der Waals surface area contributed by atoms with Gasteiger partial charge in [0, 0.05) is 13.1 Å². The van der Waals surface area contributed by atoms with E-state index in [1.165, 1.54) is 6.26 Å². The van der Waals surface area contributed by atoms with Crippen molar-refractivity contribution < 1.29 is 18.7 Å². The van der Waals surface area contributed by atoms with Gasteiger partial charge in [-0.2, -0.15) is 0 Å². The number of urea groups is 1. The summed E-state index contributed by atoms with van der Waals surface area (Å²) in [5, 5.41) is 4.87. The van der Waals surface area contributed by atoms with Gasteiger partial charge < -0.3 is 14.5 Å². The van der Waals surface area contributed by atoms with Crippen LogP contribution in [0, 0.1) is 0 Å². The van der Waals surface area contributed by atoms with Gasteiger partial charge in [0.2, 0.25) is 5.91 Å². The number of imide groups is 1. The summed E-state index contributed by atoms with van der Waals surface area (Å²) in [6.45, 7) is 5.74. The second-order valence-electron chi connectivity index (χ2n) is 5.26. The normalized spacial score (nSPS) is 22.8. The Hall–Kier alpha value is -1.86. The molecule has 21 heavy (non-hydrogen) atoms. The highest BCUT2D eigenvalue weighted by Gasteiger charge is 2.24. The minimum absolute atomic E-state index is 0.0920. The Labute approximate surface area is 123 Å². The average molecular weight is 295 g/mol. The topological polar surface area (TPSA) is 83.8 Å². The van der Waals surface area contributed by atoms with Gasteiger partial charge in [0.25, 0.3) is 0 Å². The van der Waals surface area contributed by atoms with Gasteiger partial charge in [0.1, 0.15) is 5.76 Å². The van der Waals surface area contributed by atoms with Gasteiger partial charge in [-0.3, -0.25) is 15.0 Å². The number of ether oxygens (including phenoxy) is 1. The number of morpholine rings is 1. The Bertz CT molecular complexity index is 465. The van der Waals surface area contributed by atoms with Crippen LogP contribution in [0.5, 0.6) is 0 Å². The SMILES string of the molecule is C[C@@H]1CN(CC(=O)NC(=O)NCc2ccco2)C[C@@H](C)O1. The van der Waals surface area contributed by atoms with Gasteiger partial charge in [-0.15, -0.1) is 0 Å². The van der Waals surface area contributed by atoms with E-state index in [4.69, 9.17) is 9.15 Å². The van der Waals surface area contributed by atoms with E-state index in [2.05, 4.69) is 10.6 Å². The zero-order valence-corrected chi connectivity index (χ0v) is 12.3. The Morgan fingerprint density at radius 1 is 1.33 bits per heavy atom. The van der Waals surface area contributed by atoms with Crippen molar-refractivity contribution in [3.05, 3.63) is 24.2 Å². The van der Waals surface area contributed by atoms with Crippen LogP contribution in [0.1, 0.15) is 19.6 Å². The molecule has 0 spiro atoms. The van der Waals surface area contributed by atoms with E-state index < -0.39 is 6.03 Å². The maximum atomic E-state index is 11.8. The second kappa shape index (κ2) is 7.24. The maximum Gasteiger partial charge on any atom is 0.321 e. The van der Waals surface area contributed by atoms with E-state index in [1.807, 2.05) is 18.7 Å². The monoisotopic (exact) mass is 295 g/mol. The van der Waals surface area contributed by atoms with E-state index in [0.29, 0.717) is 18.8 Å². The van der Waals surface area contributed by atoms with Gasteiger partial charge in [0.15, 0.2) is 0 Å². The molecule has 0 saturated carbocycles. The minimum Gasteiger partial charge on any atom is -0.467 e. The molecule has 1 aromatic rings. The lowest BCUT2D eigenvalue weighted by Gasteiger charge is -2.34. The summed E-state index contributed by atoms with van der Waals surface area (Å²) >= 11 is 0. The molecule has 1 aliphatic heterocycles. The van der Waals surface area contributed by atoms with Crippen LogP contribution in [0.15, 0.2) is 22.8 Å². The molecule has 2 atom stereocenters. The maximum absolute atomic E-state index is 11.8. The molecule has 116 valence electrons. The highest BCUT2D eigenvalue weighted by molar-refractivity contribution is 5.95. The molecule has 7 heteroatoms. The number of rotatable bonds is 4. The van der Waals surface area contributed by atoms with Gasteiger partial charge in [-0.1, -0.05) is 0 Å². The molecule has 0 unspecified atom stereocenters. The molecule has 2 rings (SSSR count). The third-order valence-electron chi connectivity index (χ3n) is 3.12. The highest BCUT2D eigenvalue weighted by atomic mass is 16.5. The van der Waals surface area contributed by atoms with Crippen molar-refractivity contribution in [1.82, 2.24) is 15.5 Å². The third kappa shape index (κ3) is 5.20. The predicted molar refractivity (Wildman–Crippen MR) is 75.5 cm³/mol. The summed E-state index contributed by atoms with van der Waals surface area (Å²) in [7, 11) is 0. The van der Waals surface area contributed by atoms with E-state index in [9.17, 15) is 9.59 Å². The number of carbonyl (C=O) groups is 2. The number of amides is 3. The first-order valence-electron chi connectivity index (χ1n) is 7.01. The van der Waals surface area contributed by atoms with Crippen molar-refractivity contribution in [3.63, 3.8) is 0 Å². The number of nitrogens with one attached hydrogen (secondary N) is 2. The van der Waals surface area contributed by atoms with Crippen LogP contribution in [-0.2, 0) is 16.1 Å². The molecule has 2 heterocycles. The third-order valence-corrected chi connectivity index (χ3v) is 3.12. The quantitative estimate of drug-likeness (QED) is 0.855. The first-order chi connectivity index (χ1) is 10.0. The minimum atomic E-state index is -0.522. The molecule has 1 aliphatic rings. The Kier molecular flexibility index (Phi) is 5.35. The van der Waals surface area contributed by atoms with Gasteiger partial charge >= 0.3 is 6.03 Å². The predicted octanol–water partition coefficient (Wildman–Crippen LogP) is 0.715. The number of hydrogen-bond donors (Lipinski definition) is 2. The molecule has 1 aromatic heterocycles. The molecule has 7 nitrogen and oxygen atoms in total. The lowest BCUT2D eigenvalue weighted by Crippen LogP contribution is -2.50. The summed E-state index contributed by atoms with van der Waals surface area (Å²) in [6.07, 6.45) is 1.71. The molecule has 3 amide bonds. The van der Waals surface area contributed by atoms with Crippen LogP contribution in [0.25, 0.3) is 0 Å². The van der Waals surface area contributed by atoms with Crippen LogP contribution < -0.4 is 10.6 Å². The first-order valence-corrected chi connectivity index (χ1v) is 7.01. The smallest absolute Gasteiger partial charge is 0.321 e. The number of furan rings is 1. The van der Waals surface area contributed by atoms with Gasteiger partial charge in [0.05, 0.1) is 31.6 Å². The average Bonchev–Trinajstić information content (AvgIpc) is 2.87. The van der Waals surface area contributed by atoms with Crippen molar-refractivity contribution in [2.45, 2.75) is 32.6 Å². The van der Waals surface area contributed by atoms with Crippen molar-refractivity contribution in [2.75, 3.05) is 19.6 Å². The van der Waals surface area contributed by atoms with Crippen LogP contribution in [-0.4, -0.2) is 48.7 Å². The first kappa shape index (κ1) is 15.5. The Morgan fingerprint density at radius 2 is 2.05 bits per heavy atom. The fourth-order valence-electron chi connectivity index (χ4n) is 2.41. The molecule has 0 radical (unpaired) electrons. The standard InChI is InChI=1S/C14H21N3O4/c1-10-7-17(8-11(2)21-10)9-13(18)16-14(19)15-6-12-4-3-5-20-12/h3-5,10-11H,6-9H2,1-2H3,(H2,15,16,18,19)/t10-,11-/m1/s1. The number of carbonyl (C=O) groups excluding carboxylic acids is 2. The van der Waals surface area contributed by atoms with E-state index in [0.717, 1.165) is 0 Å². The molecule has 1 fully saturated rings. The van der Waals surface area contributed by atoms with Crippen LogP contribution in [0.4, 0.5) is 4.79 Å². The molecule has 0 bridgehead atoms. The molecular formula is C14H21N3O4. The van der Waals surface area contributed by atoms with Gasteiger partial charge in [-0.05, 0) is 26.0 Å². The summed E-state index contributed by atoms with van der Waals surface area (Å²) in [6, 6.07) is 2.96. The molecule has 0 aromatic carbocycles. The molecular weight excluding hydrogens is 274 g/mol. The summed E-state index contributed by atoms with van der Waals surface area (Å²) < 4.78 is 10.7. The fourth-order valence-corrected chi connectivity index (χ4v) is 2.41.